The maximum atomic E-state index is 9.74. The average molecular weight is 196 g/mol. The largest absolute Gasteiger partial charge is 0.481 e. The molecule has 0 unspecified atom stereocenters. The van der Waals surface area contributed by atoms with Gasteiger partial charge in [-0.05, 0) is 19.4 Å². The summed E-state index contributed by atoms with van der Waals surface area (Å²) in [6, 6.07) is 1.48. The molecule has 0 radical (unpaired) electrons. The van der Waals surface area contributed by atoms with Crippen molar-refractivity contribution in [2.45, 2.75) is 26.0 Å². The van der Waals surface area contributed by atoms with Crippen molar-refractivity contribution in [1.29, 1.82) is 0 Å². The van der Waals surface area contributed by atoms with Gasteiger partial charge < -0.3 is 15.6 Å². The molecule has 78 valence electrons. The van der Waals surface area contributed by atoms with Crippen LogP contribution in [-0.4, -0.2) is 23.2 Å². The van der Waals surface area contributed by atoms with Crippen LogP contribution in [0.3, 0.4) is 0 Å². The van der Waals surface area contributed by atoms with Crippen molar-refractivity contribution in [3.05, 3.63) is 23.4 Å². The van der Waals surface area contributed by atoms with Gasteiger partial charge in [0.2, 0.25) is 5.88 Å². The van der Waals surface area contributed by atoms with Gasteiger partial charge in [0.05, 0.1) is 13.2 Å². The summed E-state index contributed by atoms with van der Waals surface area (Å²) < 4.78 is 4.97. The van der Waals surface area contributed by atoms with Gasteiger partial charge in [-0.15, -0.1) is 0 Å². The number of nitrogens with zero attached hydrogens (tertiary/aromatic N) is 1. The molecule has 1 aromatic heterocycles. The molecule has 0 aliphatic carbocycles. The molecule has 0 aliphatic rings. The topological polar surface area (TPSA) is 68.4 Å². The van der Waals surface area contributed by atoms with E-state index in [9.17, 15) is 5.11 Å². The zero-order valence-corrected chi connectivity index (χ0v) is 8.69. The van der Waals surface area contributed by atoms with Crippen LogP contribution in [0.2, 0.25) is 0 Å². The average Bonchev–Trinajstić information content (AvgIpc) is 2.16. The number of aliphatic hydroxyl groups is 1. The number of hydrogen-bond donors (Lipinski definition) is 2. The Morgan fingerprint density at radius 1 is 1.57 bits per heavy atom. The van der Waals surface area contributed by atoms with Gasteiger partial charge in [0.15, 0.2) is 0 Å². The second-order valence-corrected chi connectivity index (χ2v) is 3.39. The SMILES string of the molecule is COc1cc(C)c([C@H](O)[C@@H](C)N)cn1. The Kier molecular flexibility index (Phi) is 3.43. The van der Waals surface area contributed by atoms with Crippen molar-refractivity contribution in [2.24, 2.45) is 5.73 Å². The molecule has 1 heterocycles. The van der Waals surface area contributed by atoms with Gasteiger partial charge in [-0.25, -0.2) is 4.98 Å². The van der Waals surface area contributed by atoms with E-state index in [0.717, 1.165) is 11.1 Å². The van der Waals surface area contributed by atoms with Crippen LogP contribution >= 0.6 is 0 Å². The first-order valence-electron chi connectivity index (χ1n) is 4.50. The van der Waals surface area contributed by atoms with Crippen molar-refractivity contribution in [3.8, 4) is 5.88 Å². The minimum absolute atomic E-state index is 0.302. The quantitative estimate of drug-likeness (QED) is 0.749. The molecule has 3 N–H and O–H groups in total. The van der Waals surface area contributed by atoms with E-state index in [4.69, 9.17) is 10.5 Å². The van der Waals surface area contributed by atoms with Gasteiger partial charge in [-0.2, -0.15) is 0 Å². The van der Waals surface area contributed by atoms with E-state index >= 15 is 0 Å². The summed E-state index contributed by atoms with van der Waals surface area (Å²) in [5.74, 6) is 0.545. The van der Waals surface area contributed by atoms with Crippen LogP contribution in [0.25, 0.3) is 0 Å². The van der Waals surface area contributed by atoms with Gasteiger partial charge >= 0.3 is 0 Å². The smallest absolute Gasteiger partial charge is 0.213 e. The summed E-state index contributed by atoms with van der Waals surface area (Å²) in [6.45, 7) is 3.65. The second kappa shape index (κ2) is 4.39. The Balaban J connectivity index is 2.99. The molecule has 2 atom stereocenters. The first kappa shape index (κ1) is 10.9. The van der Waals surface area contributed by atoms with E-state index in [1.54, 1.807) is 26.3 Å². The molecule has 0 saturated carbocycles. The monoisotopic (exact) mass is 196 g/mol. The number of aromatic nitrogens is 1. The number of methoxy groups -OCH3 is 1. The molecule has 0 saturated heterocycles. The minimum Gasteiger partial charge on any atom is -0.481 e. The molecule has 0 bridgehead atoms. The van der Waals surface area contributed by atoms with Crippen LogP contribution in [0.5, 0.6) is 5.88 Å². The third kappa shape index (κ3) is 2.21. The van der Waals surface area contributed by atoms with E-state index in [0.29, 0.717) is 5.88 Å². The maximum absolute atomic E-state index is 9.74. The predicted molar refractivity (Wildman–Crippen MR) is 54.1 cm³/mol. The molecule has 14 heavy (non-hydrogen) atoms. The molecule has 4 nitrogen and oxygen atoms in total. The first-order valence-corrected chi connectivity index (χ1v) is 4.50. The van der Waals surface area contributed by atoms with Crippen LogP contribution in [0.4, 0.5) is 0 Å². The fraction of sp³-hybridized carbons (Fsp3) is 0.500. The van der Waals surface area contributed by atoms with Gasteiger partial charge in [-0.1, -0.05) is 0 Å². The Morgan fingerprint density at radius 3 is 2.64 bits per heavy atom. The molecule has 0 aromatic carbocycles. The Morgan fingerprint density at radius 2 is 2.21 bits per heavy atom. The standard InChI is InChI=1S/C10H16N2O2/c1-6-4-9(14-3)12-5-8(6)10(13)7(2)11/h4-5,7,10,13H,11H2,1-3H3/t7-,10-/m1/s1. The van der Waals surface area contributed by atoms with E-state index in [-0.39, 0.29) is 6.04 Å². The number of hydrogen-bond acceptors (Lipinski definition) is 4. The number of nitrogens with two attached hydrogens (primary N) is 1. The fourth-order valence-electron chi connectivity index (χ4n) is 1.25. The molecule has 0 amide bonds. The maximum Gasteiger partial charge on any atom is 0.213 e. The van der Waals surface area contributed by atoms with Crippen molar-refractivity contribution >= 4 is 0 Å². The van der Waals surface area contributed by atoms with Gasteiger partial charge in [0, 0.05) is 23.9 Å². The number of aliphatic hydroxyl groups excluding tert-OH is 1. The van der Waals surface area contributed by atoms with E-state index in [1.807, 2.05) is 6.92 Å². The molecular formula is C10H16N2O2. The highest BCUT2D eigenvalue weighted by Gasteiger charge is 2.15. The Labute approximate surface area is 83.7 Å². The van der Waals surface area contributed by atoms with Gasteiger partial charge in [0.25, 0.3) is 0 Å². The molecule has 0 spiro atoms. The van der Waals surface area contributed by atoms with Crippen LogP contribution < -0.4 is 10.5 Å². The molecule has 0 aliphatic heterocycles. The summed E-state index contributed by atoms with van der Waals surface area (Å²) in [5, 5.41) is 9.74. The molecule has 1 aromatic rings. The normalized spacial score (nSPS) is 14.9. The molecule has 1 rings (SSSR count). The van der Waals surface area contributed by atoms with Crippen molar-refractivity contribution in [2.75, 3.05) is 7.11 Å². The number of rotatable bonds is 3. The molecule has 0 fully saturated rings. The number of ether oxygens (including phenoxy) is 1. The predicted octanol–water partition coefficient (Wildman–Crippen LogP) is 0.779. The Bertz CT molecular complexity index is 313. The molecular weight excluding hydrogens is 180 g/mol. The fourth-order valence-corrected chi connectivity index (χ4v) is 1.25. The Hall–Kier alpha value is -1.13. The van der Waals surface area contributed by atoms with Crippen molar-refractivity contribution < 1.29 is 9.84 Å². The lowest BCUT2D eigenvalue weighted by Gasteiger charge is -2.16. The third-order valence-corrected chi connectivity index (χ3v) is 2.15. The summed E-state index contributed by atoms with van der Waals surface area (Å²) in [4.78, 5) is 4.02. The van der Waals surface area contributed by atoms with Gasteiger partial charge in [0.1, 0.15) is 0 Å². The van der Waals surface area contributed by atoms with E-state index in [1.165, 1.54) is 0 Å². The van der Waals surface area contributed by atoms with Gasteiger partial charge in [-0.3, -0.25) is 0 Å². The van der Waals surface area contributed by atoms with Crippen LogP contribution in [-0.2, 0) is 0 Å². The molecule has 4 heteroatoms. The lowest BCUT2D eigenvalue weighted by atomic mass is 10.0. The number of aryl methyl sites for hydroxylation is 1. The third-order valence-electron chi connectivity index (χ3n) is 2.15. The van der Waals surface area contributed by atoms with Crippen LogP contribution in [0.1, 0.15) is 24.2 Å². The highest BCUT2D eigenvalue weighted by molar-refractivity contribution is 5.30. The zero-order chi connectivity index (χ0) is 10.7. The highest BCUT2D eigenvalue weighted by atomic mass is 16.5. The summed E-state index contributed by atoms with van der Waals surface area (Å²) in [5.41, 5.74) is 7.28. The van der Waals surface area contributed by atoms with E-state index in [2.05, 4.69) is 4.98 Å². The zero-order valence-electron chi connectivity index (χ0n) is 8.69. The van der Waals surface area contributed by atoms with Crippen molar-refractivity contribution in [3.63, 3.8) is 0 Å². The van der Waals surface area contributed by atoms with Crippen LogP contribution in [0, 0.1) is 6.92 Å². The number of pyridine rings is 1. The van der Waals surface area contributed by atoms with Crippen molar-refractivity contribution in [1.82, 2.24) is 4.98 Å². The minimum atomic E-state index is -0.673. The first-order chi connectivity index (χ1) is 6.56. The second-order valence-electron chi connectivity index (χ2n) is 3.39. The van der Waals surface area contributed by atoms with Crippen LogP contribution in [0.15, 0.2) is 12.3 Å². The summed E-state index contributed by atoms with van der Waals surface area (Å²) in [7, 11) is 1.56. The van der Waals surface area contributed by atoms with E-state index < -0.39 is 6.10 Å². The summed E-state index contributed by atoms with van der Waals surface area (Å²) >= 11 is 0. The summed E-state index contributed by atoms with van der Waals surface area (Å²) in [6.07, 6.45) is 0.927. The lowest BCUT2D eigenvalue weighted by Crippen LogP contribution is -2.25. The highest BCUT2D eigenvalue weighted by Crippen LogP contribution is 2.21. The lowest BCUT2D eigenvalue weighted by molar-refractivity contribution is 0.152.